The number of fused-ring (bicyclic) bond motifs is 1. The molecule has 0 saturated carbocycles. The first kappa shape index (κ1) is 11.4. The average molecular weight is 229 g/mol. The molecule has 86 valence electrons. The van der Waals surface area contributed by atoms with E-state index in [0.29, 0.717) is 6.04 Å². The lowest BCUT2D eigenvalue weighted by atomic mass is 9.97. The summed E-state index contributed by atoms with van der Waals surface area (Å²) in [7, 11) is 0. The van der Waals surface area contributed by atoms with Gasteiger partial charge in [0.15, 0.2) is 0 Å². The zero-order valence-electron chi connectivity index (χ0n) is 9.51. The molecule has 2 unspecified atom stereocenters. The molecule has 2 aliphatic heterocycles. The summed E-state index contributed by atoms with van der Waals surface area (Å²) in [6.07, 6.45) is 5.43. The molecule has 2 nitrogen and oxygen atoms in total. The molecule has 0 amide bonds. The van der Waals surface area contributed by atoms with Crippen molar-refractivity contribution in [2.45, 2.75) is 44.7 Å². The van der Waals surface area contributed by atoms with E-state index in [4.69, 9.17) is 11.6 Å². The Balaban J connectivity index is 1.75. The van der Waals surface area contributed by atoms with E-state index in [9.17, 15) is 0 Å². The molecule has 2 fully saturated rings. The van der Waals surface area contributed by atoms with Gasteiger partial charge < -0.3 is 10.2 Å². The van der Waals surface area contributed by atoms with Crippen LogP contribution in [0.1, 0.15) is 32.6 Å². The maximum Gasteiger partial charge on any atom is 0.0176 e. The first-order chi connectivity index (χ1) is 7.29. The molecule has 2 saturated heterocycles. The Labute approximate surface area is 97.7 Å². The zero-order chi connectivity index (χ0) is 10.7. The van der Waals surface area contributed by atoms with Gasteiger partial charge in [0.1, 0.15) is 0 Å². The summed E-state index contributed by atoms with van der Waals surface area (Å²) in [5.74, 6) is 0. The van der Waals surface area contributed by atoms with Crippen molar-refractivity contribution < 1.29 is 0 Å². The summed E-state index contributed by atoms with van der Waals surface area (Å²) in [6.45, 7) is 5.63. The Morgan fingerprint density at radius 1 is 1.47 bits per heavy atom. The fourth-order valence-corrected chi connectivity index (χ4v) is 2.83. The van der Waals surface area contributed by atoms with Crippen molar-refractivity contribution in [1.82, 2.24) is 10.2 Å². The lowest BCUT2D eigenvalue weighted by Crippen LogP contribution is -2.45. The second kappa shape index (κ2) is 5.33. The van der Waals surface area contributed by atoms with Crippen LogP contribution in [0.3, 0.4) is 0 Å². The van der Waals surface area contributed by atoms with Crippen LogP contribution in [0.2, 0.25) is 0 Å². The Bertz CT molecular complexity index is 240. The monoisotopic (exact) mass is 228 g/mol. The highest BCUT2D eigenvalue weighted by Gasteiger charge is 2.31. The van der Waals surface area contributed by atoms with Crippen LogP contribution < -0.4 is 5.32 Å². The van der Waals surface area contributed by atoms with E-state index in [1.807, 2.05) is 0 Å². The molecule has 2 atom stereocenters. The summed E-state index contributed by atoms with van der Waals surface area (Å²) in [6, 6.07) is 1.56. The molecular weight excluding hydrogens is 208 g/mol. The highest BCUT2D eigenvalue weighted by molar-refractivity contribution is 6.25. The minimum Gasteiger partial charge on any atom is -0.310 e. The summed E-state index contributed by atoms with van der Waals surface area (Å²) in [5, 5.41) is 3.61. The van der Waals surface area contributed by atoms with Gasteiger partial charge in [-0.25, -0.2) is 0 Å². The normalized spacial score (nSPS) is 33.1. The standard InChI is InChI=1S/C12H21ClN2/c1-10(8-13)9-14-11-4-6-15-5-2-3-12(15)7-11/h8,11-12,14H,2-7,9H2,1H3. The third kappa shape index (κ3) is 2.96. The Kier molecular flexibility index (Phi) is 4.06. The van der Waals surface area contributed by atoms with Gasteiger partial charge in [-0.1, -0.05) is 11.6 Å². The van der Waals surface area contributed by atoms with Gasteiger partial charge in [-0.05, 0) is 51.3 Å². The molecule has 0 aromatic rings. The van der Waals surface area contributed by atoms with Crippen LogP contribution in [0.25, 0.3) is 0 Å². The molecule has 2 rings (SSSR count). The number of rotatable bonds is 3. The summed E-state index contributed by atoms with van der Waals surface area (Å²) in [4.78, 5) is 2.66. The lowest BCUT2D eigenvalue weighted by Gasteiger charge is -2.35. The van der Waals surface area contributed by atoms with Gasteiger partial charge in [0, 0.05) is 24.2 Å². The molecule has 0 bridgehead atoms. The number of hydrogen-bond donors (Lipinski definition) is 1. The van der Waals surface area contributed by atoms with Gasteiger partial charge in [0.05, 0.1) is 0 Å². The van der Waals surface area contributed by atoms with Crippen molar-refractivity contribution in [3.63, 3.8) is 0 Å². The topological polar surface area (TPSA) is 15.3 Å². The highest BCUT2D eigenvalue weighted by Crippen LogP contribution is 2.26. The van der Waals surface area contributed by atoms with Crippen LogP contribution in [-0.2, 0) is 0 Å². The number of nitrogens with zero attached hydrogens (tertiary/aromatic N) is 1. The molecule has 0 aromatic heterocycles. The quantitative estimate of drug-likeness (QED) is 0.798. The zero-order valence-corrected chi connectivity index (χ0v) is 10.3. The molecule has 3 heteroatoms. The SMILES string of the molecule is CC(=CCl)CNC1CCN2CCCC2C1. The van der Waals surface area contributed by atoms with Crippen molar-refractivity contribution in [3.8, 4) is 0 Å². The summed E-state index contributed by atoms with van der Waals surface area (Å²) >= 11 is 5.65. The van der Waals surface area contributed by atoms with Crippen LogP contribution in [-0.4, -0.2) is 36.6 Å². The predicted molar refractivity (Wildman–Crippen MR) is 65.2 cm³/mol. The molecule has 0 aliphatic carbocycles. The van der Waals surface area contributed by atoms with Gasteiger partial charge in [0.2, 0.25) is 0 Å². The number of piperidine rings is 1. The predicted octanol–water partition coefficient (Wildman–Crippen LogP) is 2.35. The smallest absolute Gasteiger partial charge is 0.0176 e. The molecule has 15 heavy (non-hydrogen) atoms. The third-order valence-electron chi connectivity index (χ3n) is 3.68. The van der Waals surface area contributed by atoms with E-state index in [2.05, 4.69) is 17.1 Å². The van der Waals surface area contributed by atoms with Crippen molar-refractivity contribution in [1.29, 1.82) is 0 Å². The second-order valence-electron chi connectivity index (χ2n) is 4.89. The summed E-state index contributed by atoms with van der Waals surface area (Å²) in [5.41, 5.74) is 2.91. The Hall–Kier alpha value is -0.0500. The first-order valence-corrected chi connectivity index (χ1v) is 6.46. The van der Waals surface area contributed by atoms with Gasteiger partial charge in [-0.3, -0.25) is 0 Å². The van der Waals surface area contributed by atoms with E-state index in [0.717, 1.165) is 12.6 Å². The van der Waals surface area contributed by atoms with E-state index in [1.54, 1.807) is 5.54 Å². The van der Waals surface area contributed by atoms with Crippen LogP contribution >= 0.6 is 11.6 Å². The van der Waals surface area contributed by atoms with Crippen molar-refractivity contribution >= 4 is 11.6 Å². The largest absolute Gasteiger partial charge is 0.310 e. The van der Waals surface area contributed by atoms with Crippen LogP contribution in [0.5, 0.6) is 0 Å². The molecule has 2 aliphatic rings. The van der Waals surface area contributed by atoms with E-state index in [-0.39, 0.29) is 0 Å². The van der Waals surface area contributed by atoms with E-state index in [1.165, 1.54) is 44.3 Å². The molecule has 0 spiro atoms. The lowest BCUT2D eigenvalue weighted by molar-refractivity contribution is 0.168. The first-order valence-electron chi connectivity index (χ1n) is 6.03. The maximum atomic E-state index is 5.65. The van der Waals surface area contributed by atoms with Crippen LogP contribution in [0.4, 0.5) is 0 Å². The van der Waals surface area contributed by atoms with Crippen molar-refractivity contribution in [3.05, 3.63) is 11.1 Å². The van der Waals surface area contributed by atoms with E-state index < -0.39 is 0 Å². The van der Waals surface area contributed by atoms with Gasteiger partial charge in [0.25, 0.3) is 0 Å². The maximum absolute atomic E-state index is 5.65. The second-order valence-corrected chi connectivity index (χ2v) is 5.11. The summed E-state index contributed by atoms with van der Waals surface area (Å²) < 4.78 is 0. The van der Waals surface area contributed by atoms with Crippen LogP contribution in [0.15, 0.2) is 11.1 Å². The highest BCUT2D eigenvalue weighted by atomic mass is 35.5. The minimum atomic E-state index is 0.705. The fraction of sp³-hybridized carbons (Fsp3) is 0.833. The Morgan fingerprint density at radius 3 is 3.13 bits per heavy atom. The van der Waals surface area contributed by atoms with Gasteiger partial charge >= 0.3 is 0 Å². The third-order valence-corrected chi connectivity index (χ3v) is 4.05. The molecule has 0 radical (unpaired) electrons. The number of halogens is 1. The fourth-order valence-electron chi connectivity index (χ4n) is 2.75. The van der Waals surface area contributed by atoms with Gasteiger partial charge in [-0.2, -0.15) is 0 Å². The van der Waals surface area contributed by atoms with Crippen molar-refractivity contribution in [2.24, 2.45) is 0 Å². The number of hydrogen-bond acceptors (Lipinski definition) is 2. The number of nitrogens with one attached hydrogen (secondary N) is 1. The van der Waals surface area contributed by atoms with Crippen LogP contribution in [0, 0.1) is 0 Å². The van der Waals surface area contributed by atoms with E-state index >= 15 is 0 Å². The van der Waals surface area contributed by atoms with Gasteiger partial charge in [-0.15, -0.1) is 0 Å². The van der Waals surface area contributed by atoms with Crippen molar-refractivity contribution in [2.75, 3.05) is 19.6 Å². The molecule has 2 heterocycles. The molecule has 1 N–H and O–H groups in total. The minimum absolute atomic E-state index is 0.705. The Morgan fingerprint density at radius 2 is 2.33 bits per heavy atom. The average Bonchev–Trinajstić information content (AvgIpc) is 2.72. The molecular formula is C12H21ClN2. The molecule has 0 aromatic carbocycles.